The number of hydrogen-bond acceptors (Lipinski definition) is 3. The molecule has 0 heterocycles. The summed E-state index contributed by atoms with van der Waals surface area (Å²) in [5.41, 5.74) is -0.0891. The minimum atomic E-state index is -4.91. The van der Waals surface area contributed by atoms with Crippen LogP contribution >= 0.6 is 11.6 Å². The van der Waals surface area contributed by atoms with E-state index < -0.39 is 24.3 Å². The first-order valence-electron chi connectivity index (χ1n) is 5.36. The van der Waals surface area contributed by atoms with Gasteiger partial charge in [0.2, 0.25) is 5.78 Å². The predicted octanol–water partition coefficient (Wildman–Crippen LogP) is 3.11. The summed E-state index contributed by atoms with van der Waals surface area (Å²) in [6.07, 6.45) is -5.99. The van der Waals surface area contributed by atoms with Crippen molar-refractivity contribution in [1.82, 2.24) is 0 Å². The molecule has 0 atom stereocenters. The van der Waals surface area contributed by atoms with Crippen molar-refractivity contribution in [1.29, 1.82) is 0 Å². The van der Waals surface area contributed by atoms with E-state index in [4.69, 9.17) is 21.4 Å². The van der Waals surface area contributed by atoms with Gasteiger partial charge in [-0.05, 0) is 24.1 Å². The number of hydrogen-bond donors (Lipinski definition) is 1. The molecule has 0 bridgehead atoms. The fourth-order valence-electron chi connectivity index (χ4n) is 1.54. The van der Waals surface area contributed by atoms with E-state index in [1.807, 2.05) is 0 Å². The van der Waals surface area contributed by atoms with Gasteiger partial charge in [0.1, 0.15) is 5.75 Å². The summed E-state index contributed by atoms with van der Waals surface area (Å²) >= 11 is 5.70. The average Bonchev–Trinajstić information content (AvgIpc) is 2.34. The number of alkyl halides is 3. The predicted molar refractivity (Wildman–Crippen MR) is 64.3 cm³/mol. The molecule has 0 fully saturated rings. The Morgan fingerprint density at radius 2 is 1.95 bits per heavy atom. The van der Waals surface area contributed by atoms with Crippen molar-refractivity contribution in [3.05, 3.63) is 28.3 Å². The molecule has 1 rings (SSSR count). The fourth-order valence-corrected chi connectivity index (χ4v) is 1.77. The molecule has 0 saturated heterocycles. The summed E-state index contributed by atoms with van der Waals surface area (Å²) in [5, 5.41) is 8.79. The number of aryl methyl sites for hydroxylation is 1. The molecule has 8 heteroatoms. The zero-order valence-corrected chi connectivity index (χ0v) is 11.0. The Morgan fingerprint density at radius 3 is 2.40 bits per heavy atom. The Balaban J connectivity index is 3.02. The molecule has 0 saturated carbocycles. The molecule has 110 valence electrons. The molecular weight excluding hydrogens is 301 g/mol. The lowest BCUT2D eigenvalue weighted by atomic mass is 10.0. The van der Waals surface area contributed by atoms with Crippen LogP contribution in [-0.2, 0) is 11.2 Å². The number of ether oxygens (including phenoxy) is 1. The lowest BCUT2D eigenvalue weighted by Crippen LogP contribution is -2.23. The minimum absolute atomic E-state index is 0.0970. The zero-order valence-electron chi connectivity index (χ0n) is 10.3. The van der Waals surface area contributed by atoms with Gasteiger partial charge in [0.25, 0.3) is 0 Å². The summed E-state index contributed by atoms with van der Waals surface area (Å²) in [4.78, 5) is 21.7. The molecule has 0 radical (unpaired) electrons. The molecule has 0 amide bonds. The summed E-state index contributed by atoms with van der Waals surface area (Å²) in [5.74, 6) is -3.07. The number of methoxy groups -OCH3 is 1. The van der Waals surface area contributed by atoms with Gasteiger partial charge in [0, 0.05) is 6.42 Å². The Labute approximate surface area is 117 Å². The highest BCUT2D eigenvalue weighted by atomic mass is 35.5. The van der Waals surface area contributed by atoms with E-state index >= 15 is 0 Å². The Kier molecular flexibility index (Phi) is 4.99. The van der Waals surface area contributed by atoms with Crippen molar-refractivity contribution >= 4 is 23.4 Å². The number of aromatic carboxylic acids is 1. The number of carboxylic acid groups (broad SMARTS) is 1. The molecule has 1 N–H and O–H groups in total. The van der Waals surface area contributed by atoms with E-state index in [0.717, 1.165) is 6.07 Å². The maximum Gasteiger partial charge on any atom is 0.449 e. The maximum absolute atomic E-state index is 12.1. The van der Waals surface area contributed by atoms with Crippen LogP contribution in [0, 0.1) is 0 Å². The van der Waals surface area contributed by atoms with E-state index in [0.29, 0.717) is 0 Å². The van der Waals surface area contributed by atoms with Gasteiger partial charge in [-0.3, -0.25) is 4.79 Å². The second kappa shape index (κ2) is 6.13. The Hall–Kier alpha value is -1.76. The van der Waals surface area contributed by atoms with E-state index in [1.54, 1.807) is 0 Å². The quantitative estimate of drug-likeness (QED) is 0.907. The van der Waals surface area contributed by atoms with Crippen molar-refractivity contribution < 1.29 is 32.6 Å². The van der Waals surface area contributed by atoms with E-state index in [1.165, 1.54) is 13.2 Å². The van der Waals surface area contributed by atoms with Crippen LogP contribution in [0.2, 0.25) is 5.02 Å². The molecule has 0 aromatic heterocycles. The van der Waals surface area contributed by atoms with Gasteiger partial charge in [-0.1, -0.05) is 11.6 Å². The SMILES string of the molecule is COc1cc(Cl)c(C(=O)O)cc1CCC(=O)C(F)(F)F. The smallest absolute Gasteiger partial charge is 0.449 e. The standard InChI is InChI=1S/C12H10ClF3O4/c1-20-9-5-8(13)7(11(18)19)4-6(9)2-3-10(17)12(14,15)16/h4-5H,2-3H2,1H3,(H,18,19). The number of Topliss-reactive ketones (excluding diaryl/α,β-unsaturated/α-hetero) is 1. The molecule has 1 aromatic carbocycles. The third kappa shape index (κ3) is 3.86. The fraction of sp³-hybridized carbons (Fsp3) is 0.333. The Bertz CT molecular complexity index is 540. The van der Waals surface area contributed by atoms with Crippen LogP contribution in [0.1, 0.15) is 22.3 Å². The highest BCUT2D eigenvalue weighted by Crippen LogP contribution is 2.29. The molecule has 0 aliphatic carbocycles. The minimum Gasteiger partial charge on any atom is -0.496 e. The highest BCUT2D eigenvalue weighted by Gasteiger charge is 2.37. The number of rotatable bonds is 5. The van der Waals surface area contributed by atoms with E-state index in [9.17, 15) is 22.8 Å². The van der Waals surface area contributed by atoms with Gasteiger partial charge >= 0.3 is 12.1 Å². The van der Waals surface area contributed by atoms with Gasteiger partial charge in [-0.15, -0.1) is 0 Å². The molecule has 4 nitrogen and oxygen atoms in total. The van der Waals surface area contributed by atoms with Crippen LogP contribution < -0.4 is 4.74 Å². The average molecular weight is 311 g/mol. The third-order valence-electron chi connectivity index (χ3n) is 2.54. The van der Waals surface area contributed by atoms with Gasteiger partial charge < -0.3 is 9.84 Å². The molecule has 0 aliphatic heterocycles. The normalized spacial score (nSPS) is 11.2. The second-order valence-corrected chi connectivity index (χ2v) is 4.28. The maximum atomic E-state index is 12.1. The van der Waals surface area contributed by atoms with Crippen LogP contribution in [0.15, 0.2) is 12.1 Å². The van der Waals surface area contributed by atoms with Crippen LogP contribution in [0.5, 0.6) is 5.75 Å². The Morgan fingerprint density at radius 1 is 1.35 bits per heavy atom. The first-order valence-corrected chi connectivity index (χ1v) is 5.74. The number of carboxylic acids is 1. The lowest BCUT2D eigenvalue weighted by molar-refractivity contribution is -0.171. The number of benzene rings is 1. The van der Waals surface area contributed by atoms with Crippen molar-refractivity contribution in [3.63, 3.8) is 0 Å². The van der Waals surface area contributed by atoms with Gasteiger partial charge in [-0.25, -0.2) is 4.79 Å². The largest absolute Gasteiger partial charge is 0.496 e. The number of ketones is 1. The molecular formula is C12H10ClF3O4. The van der Waals surface area contributed by atoms with Crippen molar-refractivity contribution in [3.8, 4) is 5.75 Å². The van der Waals surface area contributed by atoms with Crippen LogP contribution in [-0.4, -0.2) is 30.1 Å². The van der Waals surface area contributed by atoms with E-state index in [-0.39, 0.29) is 28.3 Å². The molecule has 0 aliphatic rings. The van der Waals surface area contributed by atoms with Crippen LogP contribution in [0.3, 0.4) is 0 Å². The molecule has 0 unspecified atom stereocenters. The van der Waals surface area contributed by atoms with Gasteiger partial charge in [0.15, 0.2) is 0 Å². The summed E-state index contributed by atoms with van der Waals surface area (Å²) in [6, 6.07) is 2.30. The number of carbonyl (C=O) groups excluding carboxylic acids is 1. The van der Waals surface area contributed by atoms with Crippen molar-refractivity contribution in [2.75, 3.05) is 7.11 Å². The molecule has 0 spiro atoms. The second-order valence-electron chi connectivity index (χ2n) is 3.87. The summed E-state index contributed by atoms with van der Waals surface area (Å²) in [7, 11) is 1.27. The van der Waals surface area contributed by atoms with Crippen molar-refractivity contribution in [2.45, 2.75) is 19.0 Å². The first kappa shape index (κ1) is 16.3. The van der Waals surface area contributed by atoms with Crippen LogP contribution in [0.4, 0.5) is 13.2 Å². The van der Waals surface area contributed by atoms with Gasteiger partial charge in [-0.2, -0.15) is 13.2 Å². The summed E-state index contributed by atoms with van der Waals surface area (Å²) in [6.45, 7) is 0. The number of carbonyl (C=O) groups is 2. The highest BCUT2D eigenvalue weighted by molar-refractivity contribution is 6.33. The molecule has 1 aromatic rings. The molecule has 20 heavy (non-hydrogen) atoms. The lowest BCUT2D eigenvalue weighted by Gasteiger charge is -2.11. The van der Waals surface area contributed by atoms with Crippen LogP contribution in [0.25, 0.3) is 0 Å². The monoisotopic (exact) mass is 310 g/mol. The summed E-state index contributed by atoms with van der Waals surface area (Å²) < 4.78 is 41.2. The van der Waals surface area contributed by atoms with Gasteiger partial charge in [0.05, 0.1) is 17.7 Å². The van der Waals surface area contributed by atoms with Crippen molar-refractivity contribution in [2.24, 2.45) is 0 Å². The zero-order chi connectivity index (χ0) is 15.5. The third-order valence-corrected chi connectivity index (χ3v) is 2.85. The van der Waals surface area contributed by atoms with E-state index in [2.05, 4.69) is 0 Å². The topological polar surface area (TPSA) is 63.6 Å². The first-order chi connectivity index (χ1) is 9.16. The number of halogens is 4.